The largest absolute Gasteiger partial charge is 0.480 e. The third-order valence-electron chi connectivity index (χ3n) is 4.89. The van der Waals surface area contributed by atoms with Gasteiger partial charge in [-0.15, -0.1) is 0 Å². The summed E-state index contributed by atoms with van der Waals surface area (Å²) in [4.78, 5) is 0. The summed E-state index contributed by atoms with van der Waals surface area (Å²) in [5, 5.41) is 5.41. The maximum absolute atomic E-state index is 6.39. The molecule has 1 unspecified atom stereocenters. The van der Waals surface area contributed by atoms with E-state index in [1.807, 2.05) is 59.4 Å². The van der Waals surface area contributed by atoms with Crippen LogP contribution >= 0.6 is 11.6 Å². The number of benzene rings is 3. The maximum atomic E-state index is 6.39. The van der Waals surface area contributed by atoms with E-state index in [1.165, 1.54) is 5.56 Å². The van der Waals surface area contributed by atoms with Gasteiger partial charge in [-0.3, -0.25) is 0 Å². The SMILES string of the molecule is Cc1ccc2c(c1)-c1c(cnn1-c1ccccc1)C(c1ccc(Cl)cc1)O2. The molecule has 5 rings (SSSR count). The summed E-state index contributed by atoms with van der Waals surface area (Å²) >= 11 is 6.08. The number of rotatable bonds is 2. The lowest BCUT2D eigenvalue weighted by Crippen LogP contribution is -2.16. The van der Waals surface area contributed by atoms with E-state index < -0.39 is 0 Å². The van der Waals surface area contributed by atoms with Gasteiger partial charge in [0, 0.05) is 16.1 Å². The molecule has 1 aliphatic heterocycles. The fourth-order valence-electron chi connectivity index (χ4n) is 3.59. The van der Waals surface area contributed by atoms with Gasteiger partial charge in [0.1, 0.15) is 5.75 Å². The molecule has 0 radical (unpaired) electrons. The van der Waals surface area contributed by atoms with Gasteiger partial charge in [-0.2, -0.15) is 5.10 Å². The highest BCUT2D eigenvalue weighted by molar-refractivity contribution is 6.30. The van der Waals surface area contributed by atoms with Gasteiger partial charge < -0.3 is 4.74 Å². The first-order chi connectivity index (χ1) is 13.2. The van der Waals surface area contributed by atoms with Crippen molar-refractivity contribution >= 4 is 11.6 Å². The normalized spacial score (nSPS) is 15.0. The Labute approximate surface area is 162 Å². The Morgan fingerprint density at radius 2 is 1.74 bits per heavy atom. The van der Waals surface area contributed by atoms with Crippen LogP contribution in [0, 0.1) is 6.92 Å². The lowest BCUT2D eigenvalue weighted by Gasteiger charge is -2.27. The van der Waals surface area contributed by atoms with Crippen molar-refractivity contribution < 1.29 is 4.74 Å². The number of hydrogen-bond donors (Lipinski definition) is 0. The van der Waals surface area contributed by atoms with Gasteiger partial charge in [-0.05, 0) is 48.9 Å². The molecule has 1 atom stereocenters. The smallest absolute Gasteiger partial charge is 0.153 e. The van der Waals surface area contributed by atoms with E-state index in [0.29, 0.717) is 5.02 Å². The fourth-order valence-corrected chi connectivity index (χ4v) is 3.72. The van der Waals surface area contributed by atoms with Crippen molar-refractivity contribution in [2.24, 2.45) is 0 Å². The van der Waals surface area contributed by atoms with E-state index in [0.717, 1.165) is 33.8 Å². The first-order valence-corrected chi connectivity index (χ1v) is 9.25. The molecule has 1 aromatic heterocycles. The highest BCUT2D eigenvalue weighted by Gasteiger charge is 2.31. The second kappa shape index (κ2) is 6.29. The summed E-state index contributed by atoms with van der Waals surface area (Å²) in [5.74, 6) is 0.866. The van der Waals surface area contributed by atoms with Crippen LogP contribution in [-0.4, -0.2) is 9.78 Å². The number of aryl methyl sites for hydroxylation is 1. The van der Waals surface area contributed by atoms with E-state index >= 15 is 0 Å². The van der Waals surface area contributed by atoms with Crippen LogP contribution in [0.4, 0.5) is 0 Å². The van der Waals surface area contributed by atoms with Gasteiger partial charge in [-0.1, -0.05) is 53.6 Å². The minimum atomic E-state index is -0.218. The number of para-hydroxylation sites is 1. The van der Waals surface area contributed by atoms with E-state index in [-0.39, 0.29) is 6.10 Å². The first kappa shape index (κ1) is 16.2. The van der Waals surface area contributed by atoms with Crippen molar-refractivity contribution in [1.82, 2.24) is 9.78 Å². The zero-order valence-electron chi connectivity index (χ0n) is 14.8. The minimum Gasteiger partial charge on any atom is -0.480 e. The Balaban J connectivity index is 1.74. The van der Waals surface area contributed by atoms with Crippen LogP contribution in [0.15, 0.2) is 79.0 Å². The number of ether oxygens (including phenoxy) is 1. The van der Waals surface area contributed by atoms with Gasteiger partial charge >= 0.3 is 0 Å². The highest BCUT2D eigenvalue weighted by Crippen LogP contribution is 2.45. The Hall–Kier alpha value is -3.04. The number of fused-ring (bicyclic) bond motifs is 3. The minimum absolute atomic E-state index is 0.218. The summed E-state index contributed by atoms with van der Waals surface area (Å²) in [7, 11) is 0. The molecule has 4 heteroatoms. The quantitative estimate of drug-likeness (QED) is 0.432. The third kappa shape index (κ3) is 2.71. The first-order valence-electron chi connectivity index (χ1n) is 8.87. The predicted octanol–water partition coefficient (Wildman–Crippen LogP) is 5.98. The Morgan fingerprint density at radius 1 is 0.963 bits per heavy atom. The van der Waals surface area contributed by atoms with Gasteiger partial charge in [-0.25, -0.2) is 4.68 Å². The molecule has 1 aliphatic rings. The maximum Gasteiger partial charge on any atom is 0.153 e. The average molecular weight is 373 g/mol. The van der Waals surface area contributed by atoms with Crippen LogP contribution in [0.5, 0.6) is 5.75 Å². The van der Waals surface area contributed by atoms with Crippen molar-refractivity contribution in [3.63, 3.8) is 0 Å². The predicted molar refractivity (Wildman–Crippen MR) is 108 cm³/mol. The number of aromatic nitrogens is 2. The van der Waals surface area contributed by atoms with Crippen molar-refractivity contribution in [1.29, 1.82) is 0 Å². The molecular formula is C23H17ClN2O. The molecule has 4 aromatic rings. The number of nitrogens with zero attached hydrogens (tertiary/aromatic N) is 2. The molecule has 2 heterocycles. The van der Waals surface area contributed by atoms with Crippen molar-refractivity contribution in [3.05, 3.63) is 101 Å². The highest BCUT2D eigenvalue weighted by atomic mass is 35.5. The fraction of sp³-hybridized carbons (Fsp3) is 0.0870. The molecule has 0 aliphatic carbocycles. The summed E-state index contributed by atoms with van der Waals surface area (Å²) in [5.41, 5.74) is 6.47. The molecular weight excluding hydrogens is 356 g/mol. The molecule has 0 amide bonds. The lowest BCUT2D eigenvalue weighted by molar-refractivity contribution is 0.243. The molecule has 132 valence electrons. The summed E-state index contributed by atoms with van der Waals surface area (Å²) in [6, 6.07) is 24.3. The molecule has 3 aromatic carbocycles. The monoisotopic (exact) mass is 372 g/mol. The number of halogens is 1. The van der Waals surface area contributed by atoms with Crippen LogP contribution in [-0.2, 0) is 0 Å². The van der Waals surface area contributed by atoms with Gasteiger partial charge in [0.05, 0.1) is 17.6 Å². The topological polar surface area (TPSA) is 27.1 Å². The molecule has 0 saturated heterocycles. The average Bonchev–Trinajstić information content (AvgIpc) is 3.14. The van der Waals surface area contributed by atoms with Crippen LogP contribution in [0.25, 0.3) is 16.9 Å². The molecule has 0 N–H and O–H groups in total. The van der Waals surface area contributed by atoms with Gasteiger partial charge in [0.25, 0.3) is 0 Å². The summed E-state index contributed by atoms with van der Waals surface area (Å²) in [6.45, 7) is 2.09. The summed E-state index contributed by atoms with van der Waals surface area (Å²) in [6.07, 6.45) is 1.69. The van der Waals surface area contributed by atoms with E-state index in [1.54, 1.807) is 0 Å². The molecule has 3 nitrogen and oxygen atoms in total. The Morgan fingerprint density at radius 3 is 2.52 bits per heavy atom. The zero-order chi connectivity index (χ0) is 18.4. The Bertz CT molecular complexity index is 1120. The Kier molecular flexibility index (Phi) is 3.76. The van der Waals surface area contributed by atoms with Crippen LogP contribution in [0.1, 0.15) is 22.8 Å². The summed E-state index contributed by atoms with van der Waals surface area (Å²) < 4.78 is 8.39. The molecule has 0 bridgehead atoms. The standard InChI is InChI=1S/C23H17ClN2O/c1-15-7-12-21-19(13-15)22-20(14-25-26(22)18-5-3-2-4-6-18)23(27-21)16-8-10-17(24)11-9-16/h2-14,23H,1H3. The molecule has 0 fully saturated rings. The second-order valence-electron chi connectivity index (χ2n) is 6.74. The number of hydrogen-bond acceptors (Lipinski definition) is 2. The van der Waals surface area contributed by atoms with E-state index in [2.05, 4.69) is 31.2 Å². The molecule has 27 heavy (non-hydrogen) atoms. The third-order valence-corrected chi connectivity index (χ3v) is 5.14. The lowest BCUT2D eigenvalue weighted by atomic mass is 9.94. The van der Waals surface area contributed by atoms with Crippen molar-refractivity contribution in [3.8, 4) is 22.7 Å². The van der Waals surface area contributed by atoms with Gasteiger partial charge in [0.2, 0.25) is 0 Å². The van der Waals surface area contributed by atoms with Crippen molar-refractivity contribution in [2.75, 3.05) is 0 Å². The zero-order valence-corrected chi connectivity index (χ0v) is 15.5. The second-order valence-corrected chi connectivity index (χ2v) is 7.18. The van der Waals surface area contributed by atoms with Gasteiger partial charge in [0.15, 0.2) is 6.10 Å². The molecule has 0 saturated carbocycles. The van der Waals surface area contributed by atoms with Crippen LogP contribution in [0.3, 0.4) is 0 Å². The van der Waals surface area contributed by atoms with Crippen molar-refractivity contribution in [2.45, 2.75) is 13.0 Å². The molecule has 0 spiro atoms. The van der Waals surface area contributed by atoms with Crippen LogP contribution in [0.2, 0.25) is 5.02 Å². The van der Waals surface area contributed by atoms with E-state index in [4.69, 9.17) is 21.4 Å². The van der Waals surface area contributed by atoms with Crippen LogP contribution < -0.4 is 4.74 Å². The van der Waals surface area contributed by atoms with E-state index in [9.17, 15) is 0 Å².